The number of carboxylic acids is 1. The maximum absolute atomic E-state index is 11.3. The van der Waals surface area contributed by atoms with E-state index in [9.17, 15) is 9.90 Å². The molecule has 0 spiro atoms. The predicted octanol–water partition coefficient (Wildman–Crippen LogP) is 3.59. The maximum Gasteiger partial charge on any atom is 0.347 e. The minimum Gasteiger partial charge on any atom is -0.477 e. The molecule has 106 valence electrons. The van der Waals surface area contributed by atoms with Crippen molar-refractivity contribution in [1.82, 2.24) is 4.98 Å². The first-order valence-electron chi connectivity index (χ1n) is 6.90. The molecule has 5 heteroatoms. The van der Waals surface area contributed by atoms with E-state index in [2.05, 4.69) is 37.6 Å². The van der Waals surface area contributed by atoms with Gasteiger partial charge in [0.25, 0.3) is 0 Å². The monoisotopic (exact) mass is 282 g/mol. The molecule has 0 atom stereocenters. The highest BCUT2D eigenvalue weighted by atomic mass is 32.1. The Bertz CT molecular complexity index is 464. The first kappa shape index (κ1) is 14.3. The number of anilines is 1. The summed E-state index contributed by atoms with van der Waals surface area (Å²) in [6, 6.07) is 0.335. The van der Waals surface area contributed by atoms with Crippen LogP contribution in [0.1, 0.15) is 61.8 Å². The summed E-state index contributed by atoms with van der Waals surface area (Å²) in [6.45, 7) is 9.50. The largest absolute Gasteiger partial charge is 0.477 e. The lowest BCUT2D eigenvalue weighted by Gasteiger charge is -2.27. The molecular formula is C14H22N2O2S. The average molecular weight is 282 g/mol. The molecule has 0 unspecified atom stereocenters. The van der Waals surface area contributed by atoms with Gasteiger partial charge in [0, 0.05) is 18.5 Å². The van der Waals surface area contributed by atoms with Crippen LogP contribution >= 0.6 is 11.3 Å². The topological polar surface area (TPSA) is 53.4 Å². The summed E-state index contributed by atoms with van der Waals surface area (Å²) in [5.41, 5.74) is 0.807. The molecule has 0 bridgehead atoms. The van der Waals surface area contributed by atoms with Crippen LogP contribution in [0.2, 0.25) is 0 Å². The lowest BCUT2D eigenvalue weighted by molar-refractivity contribution is 0.0700. The summed E-state index contributed by atoms with van der Waals surface area (Å²) in [7, 11) is 0. The van der Waals surface area contributed by atoms with Crippen molar-refractivity contribution in [2.24, 2.45) is 5.92 Å². The number of hydrogen-bond donors (Lipinski definition) is 1. The van der Waals surface area contributed by atoms with Gasteiger partial charge in [-0.1, -0.05) is 25.2 Å². The second-order valence-electron chi connectivity index (χ2n) is 5.93. The molecule has 2 rings (SSSR count). The highest BCUT2D eigenvalue weighted by Gasteiger charge is 2.33. The van der Waals surface area contributed by atoms with Gasteiger partial charge in [0.2, 0.25) is 0 Å². The molecule has 1 aliphatic rings. The van der Waals surface area contributed by atoms with Gasteiger partial charge in [0.05, 0.1) is 5.69 Å². The Labute approximate surface area is 118 Å². The van der Waals surface area contributed by atoms with Crippen molar-refractivity contribution >= 4 is 22.4 Å². The molecule has 1 aliphatic carbocycles. The van der Waals surface area contributed by atoms with E-state index in [-0.39, 0.29) is 0 Å². The van der Waals surface area contributed by atoms with E-state index >= 15 is 0 Å². The van der Waals surface area contributed by atoms with Gasteiger partial charge >= 0.3 is 5.97 Å². The van der Waals surface area contributed by atoms with E-state index in [0.29, 0.717) is 22.8 Å². The van der Waals surface area contributed by atoms with Crippen LogP contribution in [0.15, 0.2) is 0 Å². The van der Waals surface area contributed by atoms with Gasteiger partial charge in [0.15, 0.2) is 5.13 Å². The fourth-order valence-corrected chi connectivity index (χ4v) is 3.27. The van der Waals surface area contributed by atoms with Crippen LogP contribution in [0.4, 0.5) is 5.13 Å². The van der Waals surface area contributed by atoms with E-state index in [4.69, 9.17) is 0 Å². The van der Waals surface area contributed by atoms with Crippen molar-refractivity contribution in [1.29, 1.82) is 0 Å². The highest BCUT2D eigenvalue weighted by Crippen LogP contribution is 2.44. The molecule has 4 nitrogen and oxygen atoms in total. The summed E-state index contributed by atoms with van der Waals surface area (Å²) < 4.78 is 0. The Hall–Kier alpha value is -1.10. The van der Waals surface area contributed by atoms with E-state index < -0.39 is 5.97 Å². The molecule has 1 heterocycles. The quantitative estimate of drug-likeness (QED) is 0.866. The zero-order valence-corrected chi connectivity index (χ0v) is 12.8. The molecule has 0 aromatic carbocycles. The number of aromatic carboxylic acids is 1. The Morgan fingerprint density at radius 1 is 1.42 bits per heavy atom. The fraction of sp³-hybridized carbons (Fsp3) is 0.714. The van der Waals surface area contributed by atoms with Gasteiger partial charge in [-0.05, 0) is 32.6 Å². The van der Waals surface area contributed by atoms with Gasteiger partial charge in [-0.15, -0.1) is 0 Å². The lowest BCUT2D eigenvalue weighted by atomic mass is 10.2. The number of rotatable bonds is 6. The van der Waals surface area contributed by atoms with E-state index in [1.807, 2.05) is 0 Å². The summed E-state index contributed by atoms with van der Waals surface area (Å²) >= 11 is 1.33. The molecule has 1 fully saturated rings. The summed E-state index contributed by atoms with van der Waals surface area (Å²) in [4.78, 5) is 18.6. The van der Waals surface area contributed by atoms with Crippen LogP contribution in [0.5, 0.6) is 0 Å². The second kappa shape index (κ2) is 5.49. The summed E-state index contributed by atoms with van der Waals surface area (Å²) in [6.07, 6.45) is 2.16. The van der Waals surface area contributed by atoms with E-state index in [1.165, 1.54) is 11.3 Å². The second-order valence-corrected chi connectivity index (χ2v) is 6.91. The molecule has 19 heavy (non-hydrogen) atoms. The number of carbonyl (C=O) groups is 1. The minimum absolute atomic E-state index is 0.335. The number of hydrogen-bond acceptors (Lipinski definition) is 4. The Morgan fingerprint density at radius 3 is 2.47 bits per heavy atom. The molecule has 1 saturated carbocycles. The number of aromatic nitrogens is 1. The van der Waals surface area contributed by atoms with Crippen molar-refractivity contribution in [3.05, 3.63) is 10.6 Å². The average Bonchev–Trinajstić information content (AvgIpc) is 3.04. The smallest absolute Gasteiger partial charge is 0.347 e. The number of nitrogens with zero attached hydrogens (tertiary/aromatic N) is 2. The third kappa shape index (κ3) is 3.26. The van der Waals surface area contributed by atoms with Gasteiger partial charge in [-0.25, -0.2) is 9.78 Å². The van der Waals surface area contributed by atoms with Crippen LogP contribution in [-0.2, 0) is 0 Å². The van der Waals surface area contributed by atoms with Crippen molar-refractivity contribution < 1.29 is 9.90 Å². The fourth-order valence-electron chi connectivity index (χ4n) is 2.13. The molecule has 0 saturated heterocycles. The van der Waals surface area contributed by atoms with Crippen LogP contribution in [0.25, 0.3) is 0 Å². The zero-order chi connectivity index (χ0) is 14.2. The van der Waals surface area contributed by atoms with Gasteiger partial charge < -0.3 is 10.0 Å². The first-order chi connectivity index (χ1) is 8.90. The molecular weight excluding hydrogens is 260 g/mol. The predicted molar refractivity (Wildman–Crippen MR) is 78.4 cm³/mol. The molecule has 0 amide bonds. The van der Waals surface area contributed by atoms with Gasteiger partial charge in [-0.3, -0.25) is 0 Å². The number of carboxylic acid groups (broad SMARTS) is 1. The summed E-state index contributed by atoms with van der Waals surface area (Å²) in [5, 5.41) is 10.2. The highest BCUT2D eigenvalue weighted by molar-refractivity contribution is 7.17. The van der Waals surface area contributed by atoms with Crippen molar-refractivity contribution in [2.45, 2.75) is 52.5 Å². The molecule has 0 aliphatic heterocycles. The third-order valence-corrected chi connectivity index (χ3v) is 4.33. The van der Waals surface area contributed by atoms with E-state index in [0.717, 1.165) is 30.2 Å². The molecule has 1 N–H and O–H groups in total. The summed E-state index contributed by atoms with van der Waals surface area (Å²) in [5.74, 6) is 0.0759. The molecule has 1 aromatic heterocycles. The van der Waals surface area contributed by atoms with Gasteiger partial charge in [0.1, 0.15) is 4.88 Å². The van der Waals surface area contributed by atoms with E-state index in [1.54, 1.807) is 0 Å². The minimum atomic E-state index is -0.834. The zero-order valence-electron chi connectivity index (χ0n) is 12.0. The molecule has 1 aromatic rings. The lowest BCUT2D eigenvalue weighted by Crippen LogP contribution is -2.34. The third-order valence-electron chi connectivity index (χ3n) is 3.23. The maximum atomic E-state index is 11.3. The van der Waals surface area contributed by atoms with Crippen LogP contribution in [0, 0.1) is 5.92 Å². The number of thiazole rings is 1. The Balaban J connectivity index is 2.32. The van der Waals surface area contributed by atoms with Crippen LogP contribution < -0.4 is 4.90 Å². The first-order valence-corrected chi connectivity index (χ1v) is 7.72. The van der Waals surface area contributed by atoms with Crippen molar-refractivity contribution in [2.75, 3.05) is 11.4 Å². The standard InChI is InChI=1S/C14H22N2O2S/c1-8(2)7-16(9(3)4)14-15-11(10-5-6-10)12(19-14)13(17)18/h8-10H,5-7H2,1-4H3,(H,17,18). The Morgan fingerprint density at radius 2 is 2.05 bits per heavy atom. The normalized spacial score (nSPS) is 15.3. The van der Waals surface area contributed by atoms with Crippen LogP contribution in [0.3, 0.4) is 0 Å². The van der Waals surface area contributed by atoms with Crippen molar-refractivity contribution in [3.8, 4) is 0 Å². The Kier molecular flexibility index (Phi) is 4.13. The SMILES string of the molecule is CC(C)CN(c1nc(C2CC2)c(C(=O)O)s1)C(C)C. The van der Waals surface area contributed by atoms with Gasteiger partial charge in [-0.2, -0.15) is 0 Å². The van der Waals surface area contributed by atoms with Crippen LogP contribution in [-0.4, -0.2) is 28.6 Å². The molecule has 0 radical (unpaired) electrons. The van der Waals surface area contributed by atoms with Crippen molar-refractivity contribution in [3.63, 3.8) is 0 Å².